The van der Waals surface area contributed by atoms with Crippen LogP contribution in [0.5, 0.6) is 0 Å². The molecule has 0 amide bonds. The van der Waals surface area contributed by atoms with Crippen molar-refractivity contribution in [2.75, 3.05) is 18.9 Å². The Morgan fingerprint density at radius 2 is 2.11 bits per heavy atom. The summed E-state index contributed by atoms with van der Waals surface area (Å²) in [6, 6.07) is 0. The molecule has 28 heavy (non-hydrogen) atoms. The van der Waals surface area contributed by atoms with Gasteiger partial charge in [0.05, 0.1) is 25.8 Å². The molecule has 7 N–H and O–H groups in total. The molecule has 1 saturated heterocycles. The molecule has 0 aromatic carbocycles. The molecule has 0 aliphatic carbocycles. The van der Waals surface area contributed by atoms with E-state index in [0.29, 0.717) is 0 Å². The third kappa shape index (κ3) is 3.22. The van der Waals surface area contributed by atoms with Crippen molar-refractivity contribution in [3.05, 3.63) is 31.3 Å². The Kier molecular flexibility index (Phi) is 5.37. The lowest BCUT2D eigenvalue weighted by atomic mass is 10.1. The average molecular weight is 398 g/mol. The van der Waals surface area contributed by atoms with E-state index >= 15 is 0 Å². The van der Waals surface area contributed by atoms with E-state index in [1.165, 1.54) is 0 Å². The van der Waals surface area contributed by atoms with Gasteiger partial charge in [-0.3, -0.25) is 14.3 Å². The number of aromatic nitrogens is 4. The maximum atomic E-state index is 12.9. The minimum absolute atomic E-state index is 0.253. The van der Waals surface area contributed by atoms with Crippen molar-refractivity contribution < 1.29 is 25.2 Å². The first-order chi connectivity index (χ1) is 13.3. The van der Waals surface area contributed by atoms with Gasteiger partial charge in [-0.25, -0.2) is 9.36 Å². The molecule has 2 aromatic rings. The summed E-state index contributed by atoms with van der Waals surface area (Å²) in [5.74, 6) is -0.315. The van der Waals surface area contributed by atoms with E-state index in [9.17, 15) is 30.0 Å². The fourth-order valence-electron chi connectivity index (χ4n) is 3.09. The molecule has 0 radical (unpaired) electrons. The van der Waals surface area contributed by atoms with Crippen molar-refractivity contribution in [2.45, 2.75) is 37.2 Å². The number of aliphatic hydroxyl groups excluding tert-OH is 4. The van der Waals surface area contributed by atoms with Gasteiger partial charge in [-0.05, 0) is 5.53 Å². The first kappa shape index (κ1) is 19.8. The zero-order chi connectivity index (χ0) is 20.6. The first-order valence-electron chi connectivity index (χ1n) is 8.12. The second kappa shape index (κ2) is 7.59. The molecule has 15 heteroatoms. The average Bonchev–Trinajstić information content (AvgIpc) is 3.07. The van der Waals surface area contributed by atoms with Crippen molar-refractivity contribution >= 4 is 17.1 Å². The summed E-state index contributed by atoms with van der Waals surface area (Å²) in [6.07, 6.45) is -7.03. The Hall–Kier alpha value is -2.94. The second-order valence-corrected chi connectivity index (χ2v) is 6.18. The van der Waals surface area contributed by atoms with E-state index in [1.807, 2.05) is 0 Å². The number of hydrogen-bond acceptors (Lipinski definition) is 10. The van der Waals surface area contributed by atoms with Crippen LogP contribution in [0.4, 0.5) is 5.95 Å². The molecular weight excluding hydrogens is 380 g/mol. The molecule has 3 unspecified atom stereocenters. The van der Waals surface area contributed by atoms with E-state index < -0.39 is 55.0 Å². The highest BCUT2D eigenvalue weighted by molar-refractivity contribution is 5.71. The Balaban J connectivity index is 2.18. The van der Waals surface area contributed by atoms with Crippen molar-refractivity contribution in [3.63, 3.8) is 0 Å². The molecule has 3 rings (SSSR count). The lowest BCUT2D eigenvalue weighted by Gasteiger charge is -2.15. The summed E-state index contributed by atoms with van der Waals surface area (Å²) < 4.78 is 7.03. The van der Waals surface area contributed by atoms with Gasteiger partial charge in [-0.1, -0.05) is 5.11 Å². The molecule has 1 aliphatic rings. The number of anilines is 1. The normalized spacial score (nSPS) is 25.7. The van der Waals surface area contributed by atoms with Crippen LogP contribution in [-0.4, -0.2) is 77.1 Å². The number of rotatable bonds is 6. The lowest BCUT2D eigenvalue weighted by molar-refractivity contribution is -0.0528. The summed E-state index contributed by atoms with van der Waals surface area (Å²) in [5.41, 5.74) is 11.7. The van der Waals surface area contributed by atoms with Crippen LogP contribution in [0, 0.1) is 0 Å². The van der Waals surface area contributed by atoms with E-state index in [4.69, 9.17) is 16.0 Å². The standard InChI is InChI=1S/C13H18N8O7/c14-12-17-9-6(10(26)18-12)20(2-4(23)1-16-19-15)13(27)21(9)11-8(25)7(24)5(3-22)28-11/h4-5,7-8,11,22-25H,1-3H2,(H3,14,17,18,26)/t4?,5?,7-,8-,11?/m1/s1. The number of nitrogens with one attached hydrogen (secondary N) is 1. The Morgan fingerprint density at radius 3 is 2.71 bits per heavy atom. The molecule has 0 saturated carbocycles. The Bertz CT molecular complexity index is 1040. The first-order valence-corrected chi connectivity index (χ1v) is 8.12. The molecule has 5 atom stereocenters. The van der Waals surface area contributed by atoms with Crippen LogP contribution in [0.15, 0.2) is 14.7 Å². The monoisotopic (exact) mass is 398 g/mol. The zero-order valence-electron chi connectivity index (χ0n) is 14.3. The zero-order valence-corrected chi connectivity index (χ0v) is 14.3. The Labute approximate surface area is 154 Å². The molecule has 0 spiro atoms. The SMILES string of the molecule is [N-]=[N+]=NCC(O)Cn1c(=O)n(C2OC(CO)[C@@H](O)[C@H]2O)c2nc(N)[nH]c(=O)c21. The van der Waals surface area contributed by atoms with E-state index in [0.717, 1.165) is 9.13 Å². The number of hydrogen-bond donors (Lipinski definition) is 6. The topological polar surface area (TPSA) is 238 Å². The number of aromatic amines is 1. The maximum Gasteiger partial charge on any atom is 0.332 e. The summed E-state index contributed by atoms with van der Waals surface area (Å²) in [5, 5.41) is 42.6. The number of H-pyrrole nitrogens is 1. The predicted octanol–water partition coefficient (Wildman–Crippen LogP) is -3.25. The number of nitrogens with two attached hydrogens (primary N) is 1. The summed E-state index contributed by atoms with van der Waals surface area (Å²) >= 11 is 0. The highest BCUT2D eigenvalue weighted by Gasteiger charge is 2.45. The highest BCUT2D eigenvalue weighted by atomic mass is 16.6. The fraction of sp³-hybridized carbons (Fsp3) is 0.615. The highest BCUT2D eigenvalue weighted by Crippen LogP contribution is 2.30. The molecule has 1 aliphatic heterocycles. The van der Waals surface area contributed by atoms with Gasteiger partial charge in [0.15, 0.2) is 17.4 Å². The van der Waals surface area contributed by atoms with Gasteiger partial charge < -0.3 is 30.9 Å². The van der Waals surface area contributed by atoms with Crippen LogP contribution < -0.4 is 17.0 Å². The van der Waals surface area contributed by atoms with Crippen LogP contribution in [0.25, 0.3) is 21.6 Å². The van der Waals surface area contributed by atoms with Gasteiger partial charge in [0.1, 0.15) is 18.3 Å². The van der Waals surface area contributed by atoms with E-state index in [-0.39, 0.29) is 23.7 Å². The minimum atomic E-state index is -1.61. The number of aliphatic hydroxyl groups is 4. The molecule has 0 bridgehead atoms. The molecule has 152 valence electrons. The van der Waals surface area contributed by atoms with Crippen LogP contribution in [0.2, 0.25) is 0 Å². The molecule has 15 nitrogen and oxygen atoms in total. The van der Waals surface area contributed by atoms with Gasteiger partial charge in [0.25, 0.3) is 5.56 Å². The van der Waals surface area contributed by atoms with Gasteiger partial charge >= 0.3 is 5.69 Å². The largest absolute Gasteiger partial charge is 0.394 e. The van der Waals surface area contributed by atoms with Gasteiger partial charge in [0.2, 0.25) is 5.95 Å². The van der Waals surface area contributed by atoms with Crippen LogP contribution >= 0.6 is 0 Å². The van der Waals surface area contributed by atoms with Crippen LogP contribution in [-0.2, 0) is 11.3 Å². The van der Waals surface area contributed by atoms with Crippen molar-refractivity contribution in [1.82, 2.24) is 19.1 Å². The molecule has 1 fully saturated rings. The smallest absolute Gasteiger partial charge is 0.332 e. The number of ether oxygens (including phenoxy) is 1. The molecule has 3 heterocycles. The maximum absolute atomic E-state index is 12.9. The van der Waals surface area contributed by atoms with Gasteiger partial charge in [-0.15, -0.1) is 0 Å². The quantitative estimate of drug-likeness (QED) is 0.162. The van der Waals surface area contributed by atoms with E-state index in [2.05, 4.69) is 20.0 Å². The number of imidazole rings is 1. The second-order valence-electron chi connectivity index (χ2n) is 6.18. The van der Waals surface area contributed by atoms with Crippen molar-refractivity contribution in [3.8, 4) is 0 Å². The third-order valence-corrected chi connectivity index (χ3v) is 4.35. The number of fused-ring (bicyclic) bond motifs is 1. The van der Waals surface area contributed by atoms with Crippen molar-refractivity contribution in [1.29, 1.82) is 0 Å². The third-order valence-electron chi connectivity index (χ3n) is 4.35. The van der Waals surface area contributed by atoms with Crippen LogP contribution in [0.3, 0.4) is 0 Å². The number of azide groups is 1. The predicted molar refractivity (Wildman–Crippen MR) is 92.1 cm³/mol. The van der Waals surface area contributed by atoms with E-state index in [1.54, 1.807) is 0 Å². The van der Waals surface area contributed by atoms with Crippen LogP contribution in [0.1, 0.15) is 6.23 Å². The van der Waals surface area contributed by atoms with Gasteiger partial charge in [0, 0.05) is 4.91 Å². The lowest BCUT2D eigenvalue weighted by Crippen LogP contribution is -2.37. The summed E-state index contributed by atoms with van der Waals surface area (Å²) in [6.45, 7) is -1.41. The van der Waals surface area contributed by atoms with Gasteiger partial charge in [-0.2, -0.15) is 4.98 Å². The summed E-state index contributed by atoms with van der Waals surface area (Å²) in [4.78, 5) is 33.9. The number of nitrogens with zero attached hydrogens (tertiary/aromatic N) is 6. The fourth-order valence-corrected chi connectivity index (χ4v) is 3.09. The molecular formula is C13H18N8O7. The van der Waals surface area contributed by atoms with Crippen molar-refractivity contribution in [2.24, 2.45) is 5.11 Å². The number of nitrogen functional groups attached to an aromatic ring is 1. The molecule has 2 aromatic heterocycles. The Morgan fingerprint density at radius 1 is 1.39 bits per heavy atom. The summed E-state index contributed by atoms with van der Waals surface area (Å²) in [7, 11) is 0. The minimum Gasteiger partial charge on any atom is -0.394 e.